The molecule has 3 aromatic heterocycles. The van der Waals surface area contributed by atoms with Crippen LogP contribution in [-0.4, -0.2) is 37.4 Å². The van der Waals surface area contributed by atoms with Crippen LogP contribution in [0.4, 0.5) is 5.95 Å². The van der Waals surface area contributed by atoms with Crippen LogP contribution in [0, 0.1) is 0 Å². The maximum absolute atomic E-state index is 4.51. The molecule has 0 atom stereocenters. The fourth-order valence-corrected chi connectivity index (χ4v) is 3.07. The summed E-state index contributed by atoms with van der Waals surface area (Å²) in [6.07, 6.45) is 9.56. The Morgan fingerprint density at radius 2 is 2.05 bits per heavy atom. The highest BCUT2D eigenvalue weighted by Crippen LogP contribution is 2.23. The van der Waals surface area contributed by atoms with Crippen LogP contribution in [0.3, 0.4) is 0 Å². The van der Waals surface area contributed by atoms with Crippen molar-refractivity contribution in [3.8, 4) is 0 Å². The molecule has 1 aliphatic carbocycles. The number of nitrogens with one attached hydrogen (secondary N) is 2. The van der Waals surface area contributed by atoms with Crippen molar-refractivity contribution in [2.24, 2.45) is 0 Å². The van der Waals surface area contributed by atoms with Gasteiger partial charge in [0.05, 0.1) is 23.8 Å². The predicted molar refractivity (Wildman–Crippen MR) is 83.6 cm³/mol. The van der Waals surface area contributed by atoms with Gasteiger partial charge >= 0.3 is 0 Å². The summed E-state index contributed by atoms with van der Waals surface area (Å²) in [4.78, 5) is 10.9. The minimum atomic E-state index is 0.683. The Bertz CT molecular complexity index is 788. The molecule has 7 nitrogen and oxygen atoms in total. The molecule has 3 aromatic rings. The monoisotopic (exact) mass is 297 g/mol. The Balaban J connectivity index is 1.58. The summed E-state index contributed by atoms with van der Waals surface area (Å²) in [5, 5.41) is 15.5. The van der Waals surface area contributed by atoms with Gasteiger partial charge in [-0.1, -0.05) is 6.42 Å². The van der Waals surface area contributed by atoms with E-state index in [1.54, 1.807) is 12.4 Å². The molecule has 0 saturated carbocycles. The van der Waals surface area contributed by atoms with Crippen molar-refractivity contribution < 1.29 is 0 Å². The molecule has 0 unspecified atom stereocenters. The lowest BCUT2D eigenvalue weighted by molar-refractivity contribution is 0.696. The van der Waals surface area contributed by atoms with Crippen LogP contribution in [0.15, 0.2) is 12.4 Å². The van der Waals surface area contributed by atoms with Crippen LogP contribution in [0.1, 0.15) is 36.2 Å². The third kappa shape index (κ3) is 2.32. The second-order valence-electron chi connectivity index (χ2n) is 5.89. The Labute approximate surface area is 128 Å². The summed E-state index contributed by atoms with van der Waals surface area (Å²) in [5.74, 6) is 0.683. The largest absolute Gasteiger partial charge is 0.338 e. The van der Waals surface area contributed by atoms with Crippen LogP contribution >= 0.6 is 0 Å². The molecular weight excluding hydrogens is 278 g/mol. The molecule has 7 heteroatoms. The third-order valence-corrected chi connectivity index (χ3v) is 4.30. The Morgan fingerprint density at radius 1 is 1.14 bits per heavy atom. The zero-order valence-electron chi connectivity index (χ0n) is 12.6. The van der Waals surface area contributed by atoms with E-state index in [4.69, 9.17) is 0 Å². The molecule has 4 rings (SSSR count). The number of H-pyrrole nitrogens is 2. The molecule has 0 spiro atoms. The first-order valence-electron chi connectivity index (χ1n) is 7.73. The van der Waals surface area contributed by atoms with Crippen LogP contribution in [0.5, 0.6) is 0 Å². The molecule has 1 aliphatic rings. The van der Waals surface area contributed by atoms with E-state index in [1.165, 1.54) is 30.5 Å². The summed E-state index contributed by atoms with van der Waals surface area (Å²) in [7, 11) is 2.00. The first-order chi connectivity index (χ1) is 10.8. The standard InChI is InChI=1S/C15H19N7/c1-22(15-16-7-10-8-17-21-14(10)18-15)9-13-11-5-3-2-4-6-12(11)19-20-13/h7-8H,2-6,9H2,1H3,(H,19,20)(H,16,17,18,21). The summed E-state index contributed by atoms with van der Waals surface area (Å²) >= 11 is 0. The maximum atomic E-state index is 4.51. The van der Waals surface area contributed by atoms with Crippen molar-refractivity contribution in [1.82, 2.24) is 30.4 Å². The Kier molecular flexibility index (Phi) is 3.25. The van der Waals surface area contributed by atoms with E-state index in [9.17, 15) is 0 Å². The SMILES string of the molecule is CN(Cc1n[nH]c2c1CCCCC2)c1ncc2cn[nH]c2n1. The maximum Gasteiger partial charge on any atom is 0.227 e. The van der Waals surface area contributed by atoms with Crippen LogP contribution in [0.25, 0.3) is 11.0 Å². The van der Waals surface area contributed by atoms with E-state index in [1.807, 2.05) is 11.9 Å². The number of aromatic amines is 2. The molecule has 22 heavy (non-hydrogen) atoms. The van der Waals surface area contributed by atoms with Gasteiger partial charge in [-0.25, -0.2) is 4.98 Å². The number of aryl methyl sites for hydroxylation is 1. The van der Waals surface area contributed by atoms with Gasteiger partial charge in [-0.05, 0) is 31.2 Å². The smallest absolute Gasteiger partial charge is 0.227 e. The molecule has 0 fully saturated rings. The van der Waals surface area contributed by atoms with Crippen molar-refractivity contribution >= 4 is 17.0 Å². The molecule has 0 saturated heterocycles. The highest BCUT2D eigenvalue weighted by Gasteiger charge is 2.17. The summed E-state index contributed by atoms with van der Waals surface area (Å²) in [6, 6.07) is 0. The highest BCUT2D eigenvalue weighted by atomic mass is 15.3. The minimum Gasteiger partial charge on any atom is -0.338 e. The topological polar surface area (TPSA) is 86.4 Å². The molecule has 0 amide bonds. The van der Waals surface area contributed by atoms with Gasteiger partial charge in [0.2, 0.25) is 5.95 Å². The molecule has 0 radical (unpaired) electrons. The second kappa shape index (κ2) is 5.40. The molecule has 0 aliphatic heterocycles. The van der Waals surface area contributed by atoms with E-state index in [-0.39, 0.29) is 0 Å². The van der Waals surface area contributed by atoms with E-state index < -0.39 is 0 Å². The molecule has 3 heterocycles. The lowest BCUT2D eigenvalue weighted by Gasteiger charge is -2.16. The van der Waals surface area contributed by atoms with Crippen molar-refractivity contribution in [2.75, 3.05) is 11.9 Å². The van der Waals surface area contributed by atoms with Gasteiger partial charge in [-0.15, -0.1) is 0 Å². The second-order valence-corrected chi connectivity index (χ2v) is 5.89. The number of nitrogens with zero attached hydrogens (tertiary/aromatic N) is 5. The van der Waals surface area contributed by atoms with Gasteiger partial charge in [0, 0.05) is 18.9 Å². The number of anilines is 1. The minimum absolute atomic E-state index is 0.683. The van der Waals surface area contributed by atoms with E-state index in [0.717, 1.165) is 29.6 Å². The van der Waals surface area contributed by atoms with Gasteiger partial charge in [0.1, 0.15) is 0 Å². The molecule has 0 aromatic carbocycles. The predicted octanol–water partition coefficient (Wildman–Crippen LogP) is 1.98. The van der Waals surface area contributed by atoms with Crippen LogP contribution < -0.4 is 4.90 Å². The quantitative estimate of drug-likeness (QED) is 0.722. The average Bonchev–Trinajstić information content (AvgIpc) is 3.07. The number of hydrogen-bond donors (Lipinski definition) is 2. The van der Waals surface area contributed by atoms with Gasteiger partial charge in [-0.2, -0.15) is 15.2 Å². The fourth-order valence-electron chi connectivity index (χ4n) is 3.07. The fraction of sp³-hybridized carbons (Fsp3) is 0.467. The summed E-state index contributed by atoms with van der Waals surface area (Å²) in [5.41, 5.74) is 4.59. The average molecular weight is 297 g/mol. The lowest BCUT2D eigenvalue weighted by Crippen LogP contribution is -2.20. The summed E-state index contributed by atoms with van der Waals surface area (Å²) in [6.45, 7) is 0.714. The van der Waals surface area contributed by atoms with Gasteiger partial charge < -0.3 is 4.90 Å². The zero-order chi connectivity index (χ0) is 14.9. The first kappa shape index (κ1) is 13.2. The van der Waals surface area contributed by atoms with E-state index in [0.29, 0.717) is 12.5 Å². The number of rotatable bonds is 3. The van der Waals surface area contributed by atoms with Crippen molar-refractivity contribution in [2.45, 2.75) is 38.6 Å². The third-order valence-electron chi connectivity index (χ3n) is 4.30. The number of hydrogen-bond acceptors (Lipinski definition) is 5. The van der Waals surface area contributed by atoms with Gasteiger partial charge in [0.25, 0.3) is 0 Å². The summed E-state index contributed by atoms with van der Waals surface area (Å²) < 4.78 is 0. The van der Waals surface area contributed by atoms with Crippen molar-refractivity contribution in [3.05, 3.63) is 29.3 Å². The normalized spacial score (nSPS) is 14.8. The van der Waals surface area contributed by atoms with Gasteiger partial charge in [0.15, 0.2) is 5.65 Å². The zero-order valence-corrected chi connectivity index (χ0v) is 12.6. The highest BCUT2D eigenvalue weighted by molar-refractivity contribution is 5.73. The Hall–Kier alpha value is -2.44. The molecule has 2 N–H and O–H groups in total. The number of fused-ring (bicyclic) bond motifs is 2. The van der Waals surface area contributed by atoms with Crippen molar-refractivity contribution in [1.29, 1.82) is 0 Å². The lowest BCUT2D eigenvalue weighted by atomic mass is 10.1. The Morgan fingerprint density at radius 3 is 3.00 bits per heavy atom. The molecule has 114 valence electrons. The van der Waals surface area contributed by atoms with E-state index >= 15 is 0 Å². The molecular formula is C15H19N7. The molecule has 0 bridgehead atoms. The van der Waals surface area contributed by atoms with E-state index in [2.05, 4.69) is 30.4 Å². The number of aromatic nitrogens is 6. The van der Waals surface area contributed by atoms with Crippen LogP contribution in [-0.2, 0) is 19.4 Å². The van der Waals surface area contributed by atoms with Crippen molar-refractivity contribution in [3.63, 3.8) is 0 Å². The first-order valence-corrected chi connectivity index (χ1v) is 7.73. The van der Waals surface area contributed by atoms with Crippen LogP contribution in [0.2, 0.25) is 0 Å². The van der Waals surface area contributed by atoms with Gasteiger partial charge in [-0.3, -0.25) is 10.2 Å².